The first-order valence-corrected chi connectivity index (χ1v) is 7.96. The van der Waals surface area contributed by atoms with Gasteiger partial charge in [0.05, 0.1) is 0 Å². The van der Waals surface area contributed by atoms with Crippen molar-refractivity contribution in [2.24, 2.45) is 0 Å². The zero-order valence-corrected chi connectivity index (χ0v) is 13.2. The molecule has 0 spiro atoms. The minimum absolute atomic E-state index is 0.00304. The summed E-state index contributed by atoms with van der Waals surface area (Å²) in [6, 6.07) is 12.7. The number of carbonyl (C=O) groups excluding carboxylic acids is 1. The van der Waals surface area contributed by atoms with E-state index in [2.05, 4.69) is 16.4 Å². The number of para-hydroxylation sites is 1. The van der Waals surface area contributed by atoms with E-state index in [0.29, 0.717) is 25.8 Å². The van der Waals surface area contributed by atoms with Crippen LogP contribution < -0.4 is 5.32 Å². The third-order valence-electron chi connectivity index (χ3n) is 4.07. The summed E-state index contributed by atoms with van der Waals surface area (Å²) in [5.74, 6) is -0.275. The quantitative estimate of drug-likeness (QED) is 0.526. The lowest BCUT2D eigenvalue weighted by Gasteiger charge is -2.06. The first-order chi connectivity index (χ1) is 11.6. The Balaban J connectivity index is 1.46. The number of hydrogen-bond donors (Lipinski definition) is 4. The number of aromatic amines is 1. The number of aryl methyl sites for hydroxylation is 1. The molecule has 3 aromatic rings. The van der Waals surface area contributed by atoms with Crippen molar-refractivity contribution in [2.45, 2.75) is 19.3 Å². The number of nitrogens with one attached hydrogen (secondary N) is 2. The molecule has 1 aromatic heterocycles. The van der Waals surface area contributed by atoms with Crippen LogP contribution in [0.2, 0.25) is 0 Å². The van der Waals surface area contributed by atoms with Gasteiger partial charge in [-0.05, 0) is 42.2 Å². The summed E-state index contributed by atoms with van der Waals surface area (Å²) in [6.07, 6.45) is 3.68. The number of aromatic hydroxyl groups is 2. The van der Waals surface area contributed by atoms with Gasteiger partial charge in [-0.1, -0.05) is 24.3 Å². The fourth-order valence-corrected chi connectivity index (χ4v) is 2.75. The summed E-state index contributed by atoms with van der Waals surface area (Å²) in [7, 11) is 0. The van der Waals surface area contributed by atoms with Gasteiger partial charge in [-0.25, -0.2) is 0 Å². The van der Waals surface area contributed by atoms with Crippen LogP contribution in [0.3, 0.4) is 0 Å². The van der Waals surface area contributed by atoms with E-state index in [0.717, 1.165) is 22.0 Å². The number of carbonyl (C=O) groups is 1. The minimum atomic E-state index is -0.141. The van der Waals surface area contributed by atoms with Gasteiger partial charge in [0.15, 0.2) is 11.5 Å². The second kappa shape index (κ2) is 7.08. The van der Waals surface area contributed by atoms with Gasteiger partial charge in [-0.3, -0.25) is 4.79 Å². The summed E-state index contributed by atoms with van der Waals surface area (Å²) < 4.78 is 0. The maximum Gasteiger partial charge on any atom is 0.220 e. The number of H-pyrrole nitrogens is 1. The number of phenolic OH excluding ortho intramolecular Hbond substituents is 2. The molecule has 0 radical (unpaired) electrons. The third kappa shape index (κ3) is 3.68. The number of benzene rings is 2. The minimum Gasteiger partial charge on any atom is -0.504 e. The molecular weight excluding hydrogens is 304 g/mol. The molecule has 2 aromatic carbocycles. The Morgan fingerprint density at radius 1 is 1.04 bits per heavy atom. The van der Waals surface area contributed by atoms with Crippen molar-refractivity contribution in [1.29, 1.82) is 0 Å². The van der Waals surface area contributed by atoms with E-state index in [1.54, 1.807) is 6.07 Å². The highest BCUT2D eigenvalue weighted by Crippen LogP contribution is 2.24. The van der Waals surface area contributed by atoms with E-state index < -0.39 is 0 Å². The van der Waals surface area contributed by atoms with Gasteiger partial charge in [0.25, 0.3) is 0 Å². The van der Waals surface area contributed by atoms with Crippen molar-refractivity contribution >= 4 is 16.8 Å². The van der Waals surface area contributed by atoms with Gasteiger partial charge in [-0.15, -0.1) is 0 Å². The van der Waals surface area contributed by atoms with Crippen molar-refractivity contribution in [1.82, 2.24) is 10.3 Å². The van der Waals surface area contributed by atoms with Crippen molar-refractivity contribution in [2.75, 3.05) is 6.54 Å². The van der Waals surface area contributed by atoms with Crippen LogP contribution in [0.5, 0.6) is 11.5 Å². The molecular formula is C19H20N2O3. The second-order valence-corrected chi connectivity index (χ2v) is 5.78. The van der Waals surface area contributed by atoms with Gasteiger partial charge >= 0.3 is 0 Å². The van der Waals surface area contributed by atoms with Gasteiger partial charge < -0.3 is 20.5 Å². The Hall–Kier alpha value is -2.95. The average molecular weight is 324 g/mol. The summed E-state index contributed by atoms with van der Waals surface area (Å²) in [4.78, 5) is 15.2. The molecule has 124 valence electrons. The molecule has 1 amide bonds. The number of rotatable bonds is 6. The highest BCUT2D eigenvalue weighted by Gasteiger charge is 2.07. The molecule has 5 heteroatoms. The molecule has 24 heavy (non-hydrogen) atoms. The van der Waals surface area contributed by atoms with Crippen LogP contribution in [-0.4, -0.2) is 27.6 Å². The lowest BCUT2D eigenvalue weighted by Crippen LogP contribution is -2.25. The summed E-state index contributed by atoms with van der Waals surface area (Å²) >= 11 is 0. The van der Waals surface area contributed by atoms with Crippen LogP contribution >= 0.6 is 0 Å². The summed E-state index contributed by atoms with van der Waals surface area (Å²) in [5.41, 5.74) is 3.09. The Bertz CT molecular complexity index is 855. The maximum absolute atomic E-state index is 12.0. The molecule has 0 unspecified atom stereocenters. The predicted molar refractivity (Wildman–Crippen MR) is 93.1 cm³/mol. The number of hydrogen-bond acceptors (Lipinski definition) is 3. The third-order valence-corrected chi connectivity index (χ3v) is 4.07. The van der Waals surface area contributed by atoms with E-state index in [9.17, 15) is 15.0 Å². The average Bonchev–Trinajstić information content (AvgIpc) is 2.99. The van der Waals surface area contributed by atoms with E-state index in [1.807, 2.05) is 24.4 Å². The molecule has 5 nitrogen and oxygen atoms in total. The Labute approximate surface area is 140 Å². The van der Waals surface area contributed by atoms with Crippen molar-refractivity contribution in [3.8, 4) is 11.5 Å². The zero-order chi connectivity index (χ0) is 16.9. The van der Waals surface area contributed by atoms with Crippen LogP contribution in [0.1, 0.15) is 17.5 Å². The standard InChI is InChI=1S/C19H20N2O3/c22-17-7-5-13(11-18(17)23)9-10-20-19(24)8-6-14-12-21-16-4-2-1-3-15(14)16/h1-5,7,11-12,21-23H,6,8-10H2,(H,20,24). The summed E-state index contributed by atoms with van der Waals surface area (Å²) in [6.45, 7) is 0.497. The van der Waals surface area contributed by atoms with Gasteiger partial charge in [0.2, 0.25) is 5.91 Å². The molecule has 0 aliphatic carbocycles. The van der Waals surface area contributed by atoms with E-state index >= 15 is 0 Å². The van der Waals surface area contributed by atoms with Crippen LogP contribution in [0.4, 0.5) is 0 Å². The fourth-order valence-electron chi connectivity index (χ4n) is 2.75. The second-order valence-electron chi connectivity index (χ2n) is 5.78. The Morgan fingerprint density at radius 2 is 1.88 bits per heavy atom. The zero-order valence-electron chi connectivity index (χ0n) is 13.2. The first-order valence-electron chi connectivity index (χ1n) is 7.96. The SMILES string of the molecule is O=C(CCc1c[nH]c2ccccc12)NCCc1ccc(O)c(O)c1. The Kier molecular flexibility index (Phi) is 4.70. The highest BCUT2D eigenvalue weighted by molar-refractivity contribution is 5.84. The fraction of sp³-hybridized carbons (Fsp3) is 0.211. The molecule has 0 aliphatic heterocycles. The topological polar surface area (TPSA) is 85.4 Å². The highest BCUT2D eigenvalue weighted by atomic mass is 16.3. The van der Waals surface area contributed by atoms with Crippen LogP contribution in [0.15, 0.2) is 48.7 Å². The molecule has 0 aliphatic rings. The molecule has 0 bridgehead atoms. The maximum atomic E-state index is 12.0. The van der Waals surface area contributed by atoms with Gasteiger partial charge in [0, 0.05) is 30.1 Å². The molecule has 4 N–H and O–H groups in total. The molecule has 0 saturated heterocycles. The molecule has 0 atom stereocenters. The number of phenols is 2. The van der Waals surface area contributed by atoms with E-state index in [-0.39, 0.29) is 17.4 Å². The van der Waals surface area contributed by atoms with Crippen molar-refractivity contribution < 1.29 is 15.0 Å². The largest absolute Gasteiger partial charge is 0.504 e. The van der Waals surface area contributed by atoms with E-state index in [1.165, 1.54) is 12.1 Å². The lowest BCUT2D eigenvalue weighted by molar-refractivity contribution is -0.121. The van der Waals surface area contributed by atoms with Crippen molar-refractivity contribution in [3.63, 3.8) is 0 Å². The lowest BCUT2D eigenvalue weighted by atomic mass is 10.1. The first kappa shape index (κ1) is 15.9. The van der Waals surface area contributed by atoms with Crippen LogP contribution in [0.25, 0.3) is 10.9 Å². The molecule has 0 fully saturated rings. The van der Waals surface area contributed by atoms with E-state index in [4.69, 9.17) is 0 Å². The number of fused-ring (bicyclic) bond motifs is 1. The molecule has 3 rings (SSSR count). The van der Waals surface area contributed by atoms with Crippen LogP contribution in [0, 0.1) is 0 Å². The van der Waals surface area contributed by atoms with Gasteiger partial charge in [-0.2, -0.15) is 0 Å². The number of amides is 1. The smallest absolute Gasteiger partial charge is 0.220 e. The molecule has 1 heterocycles. The van der Waals surface area contributed by atoms with Crippen LogP contribution in [-0.2, 0) is 17.6 Å². The monoisotopic (exact) mass is 324 g/mol. The normalized spacial score (nSPS) is 10.8. The van der Waals surface area contributed by atoms with Crippen molar-refractivity contribution in [3.05, 3.63) is 59.8 Å². The predicted octanol–water partition coefficient (Wildman–Crippen LogP) is 2.87. The Morgan fingerprint density at radius 3 is 2.71 bits per heavy atom. The van der Waals surface area contributed by atoms with Gasteiger partial charge in [0.1, 0.15) is 0 Å². The molecule has 0 saturated carbocycles. The number of aromatic nitrogens is 1. The summed E-state index contributed by atoms with van der Waals surface area (Å²) in [5, 5.41) is 22.8.